The van der Waals surface area contributed by atoms with E-state index in [2.05, 4.69) is 13.8 Å². The molecule has 64 valence electrons. The lowest BCUT2D eigenvalue weighted by molar-refractivity contribution is 0.196. The topological polar surface area (TPSA) is 23.6 Å². The Morgan fingerprint density at radius 3 is 2.18 bits per heavy atom. The molecule has 0 saturated carbocycles. The van der Waals surface area contributed by atoms with Gasteiger partial charge in [0.05, 0.1) is 6.04 Å². The summed E-state index contributed by atoms with van der Waals surface area (Å²) < 4.78 is 0. The summed E-state index contributed by atoms with van der Waals surface area (Å²) in [7, 11) is 3.72. The van der Waals surface area contributed by atoms with Gasteiger partial charge in [0.15, 0.2) is 0 Å². The maximum absolute atomic E-state index is 11.3. The van der Waals surface area contributed by atoms with Gasteiger partial charge in [0, 0.05) is 20.6 Å². The molecular formula is C8H16N2O. The summed E-state index contributed by atoms with van der Waals surface area (Å²) in [5, 5.41) is 0. The van der Waals surface area contributed by atoms with Gasteiger partial charge in [-0.1, -0.05) is 13.8 Å². The summed E-state index contributed by atoms with van der Waals surface area (Å²) in [5.41, 5.74) is 0. The molecule has 0 spiro atoms. The number of carbonyl (C=O) groups excluding carboxylic acids is 1. The number of amides is 2. The van der Waals surface area contributed by atoms with Gasteiger partial charge in [-0.25, -0.2) is 4.79 Å². The Morgan fingerprint density at radius 2 is 2.00 bits per heavy atom. The monoisotopic (exact) mass is 156 g/mol. The van der Waals surface area contributed by atoms with E-state index in [0.29, 0.717) is 12.0 Å². The van der Waals surface area contributed by atoms with Gasteiger partial charge in [0.2, 0.25) is 0 Å². The highest BCUT2D eigenvalue weighted by atomic mass is 16.2. The van der Waals surface area contributed by atoms with Gasteiger partial charge in [-0.2, -0.15) is 0 Å². The Morgan fingerprint density at radius 1 is 1.45 bits per heavy atom. The van der Waals surface area contributed by atoms with Gasteiger partial charge >= 0.3 is 6.03 Å². The van der Waals surface area contributed by atoms with Crippen LogP contribution in [0, 0.1) is 5.92 Å². The normalized spacial score (nSPS) is 25.5. The summed E-state index contributed by atoms with van der Waals surface area (Å²) in [5.74, 6) is 0.550. The molecule has 0 aromatic carbocycles. The second-order valence-electron chi connectivity index (χ2n) is 3.59. The number of rotatable bonds is 1. The van der Waals surface area contributed by atoms with Crippen molar-refractivity contribution in [2.24, 2.45) is 5.92 Å². The second kappa shape index (κ2) is 2.72. The van der Waals surface area contributed by atoms with Crippen molar-refractivity contribution in [3.63, 3.8) is 0 Å². The van der Waals surface area contributed by atoms with Crippen LogP contribution in [0.3, 0.4) is 0 Å². The van der Waals surface area contributed by atoms with Gasteiger partial charge in [-0.3, -0.25) is 0 Å². The Kier molecular flexibility index (Phi) is 2.07. The number of hydrogen-bond acceptors (Lipinski definition) is 1. The molecule has 1 unspecified atom stereocenters. The lowest BCUT2D eigenvalue weighted by Gasteiger charge is -2.20. The van der Waals surface area contributed by atoms with Gasteiger partial charge in [0.25, 0.3) is 0 Å². The third-order valence-electron chi connectivity index (χ3n) is 2.36. The molecule has 11 heavy (non-hydrogen) atoms. The summed E-state index contributed by atoms with van der Waals surface area (Å²) in [4.78, 5) is 14.9. The summed E-state index contributed by atoms with van der Waals surface area (Å²) >= 11 is 0. The van der Waals surface area contributed by atoms with Gasteiger partial charge in [-0.05, 0) is 5.92 Å². The van der Waals surface area contributed by atoms with E-state index in [-0.39, 0.29) is 6.03 Å². The molecule has 0 bridgehead atoms. The molecule has 3 heteroatoms. The van der Waals surface area contributed by atoms with Crippen molar-refractivity contribution in [3.8, 4) is 0 Å². The lowest BCUT2D eigenvalue weighted by atomic mass is 10.1. The highest BCUT2D eigenvalue weighted by molar-refractivity contribution is 5.76. The molecular weight excluding hydrogens is 140 g/mol. The smallest absolute Gasteiger partial charge is 0.319 e. The first-order chi connectivity index (χ1) is 5.04. The minimum absolute atomic E-state index is 0.142. The quantitative estimate of drug-likeness (QED) is 0.555. The van der Waals surface area contributed by atoms with Gasteiger partial charge < -0.3 is 9.80 Å². The molecule has 1 aliphatic heterocycles. The van der Waals surface area contributed by atoms with Crippen molar-refractivity contribution in [2.75, 3.05) is 20.6 Å². The summed E-state index contributed by atoms with van der Waals surface area (Å²) in [6.07, 6.45) is 0. The average molecular weight is 156 g/mol. The van der Waals surface area contributed by atoms with E-state index >= 15 is 0 Å². The fourth-order valence-electron chi connectivity index (χ4n) is 1.55. The van der Waals surface area contributed by atoms with Crippen molar-refractivity contribution < 1.29 is 4.79 Å². The molecule has 1 heterocycles. The Hall–Kier alpha value is -0.730. The molecule has 1 aliphatic rings. The average Bonchev–Trinajstić information content (AvgIpc) is 2.17. The second-order valence-corrected chi connectivity index (χ2v) is 3.59. The minimum atomic E-state index is 0.142. The number of urea groups is 1. The van der Waals surface area contributed by atoms with Crippen LogP contribution in [0.1, 0.15) is 13.8 Å². The molecule has 0 aliphatic carbocycles. The molecule has 1 atom stereocenters. The maximum atomic E-state index is 11.3. The largest absolute Gasteiger partial charge is 0.326 e. The minimum Gasteiger partial charge on any atom is -0.326 e. The summed E-state index contributed by atoms with van der Waals surface area (Å²) in [6.45, 7) is 5.16. The van der Waals surface area contributed by atoms with Crippen LogP contribution in [0.5, 0.6) is 0 Å². The van der Waals surface area contributed by atoms with E-state index in [9.17, 15) is 4.79 Å². The standard InChI is InChI=1S/C8H16N2O/c1-6(2)7-5-9(3)8(11)10(7)4/h6-7H,5H2,1-4H3. The van der Waals surface area contributed by atoms with Crippen LogP contribution in [0.4, 0.5) is 4.79 Å². The molecule has 2 amide bonds. The van der Waals surface area contributed by atoms with Crippen LogP contribution in [0.15, 0.2) is 0 Å². The SMILES string of the molecule is CC(C)C1CN(C)C(=O)N1C. The molecule has 0 radical (unpaired) electrons. The van der Waals surface area contributed by atoms with Crippen LogP contribution < -0.4 is 0 Å². The lowest BCUT2D eigenvalue weighted by Crippen LogP contribution is -2.33. The first-order valence-corrected chi connectivity index (χ1v) is 4.02. The predicted molar refractivity (Wildman–Crippen MR) is 44.4 cm³/mol. The van der Waals surface area contributed by atoms with Crippen molar-refractivity contribution in [1.29, 1.82) is 0 Å². The van der Waals surface area contributed by atoms with E-state index in [4.69, 9.17) is 0 Å². The van der Waals surface area contributed by atoms with Crippen molar-refractivity contribution in [2.45, 2.75) is 19.9 Å². The Balaban J connectivity index is 2.67. The molecule has 1 saturated heterocycles. The van der Waals surface area contributed by atoms with Crippen LogP contribution in [0.2, 0.25) is 0 Å². The van der Waals surface area contributed by atoms with Gasteiger partial charge in [0.1, 0.15) is 0 Å². The fraction of sp³-hybridized carbons (Fsp3) is 0.875. The van der Waals surface area contributed by atoms with E-state index in [0.717, 1.165) is 6.54 Å². The molecule has 3 nitrogen and oxygen atoms in total. The number of hydrogen-bond donors (Lipinski definition) is 0. The zero-order valence-corrected chi connectivity index (χ0v) is 7.66. The van der Waals surface area contributed by atoms with Crippen molar-refractivity contribution in [3.05, 3.63) is 0 Å². The van der Waals surface area contributed by atoms with Crippen LogP contribution in [-0.2, 0) is 0 Å². The van der Waals surface area contributed by atoms with E-state index in [1.54, 1.807) is 4.90 Å². The Labute approximate surface area is 68.0 Å². The Bertz CT molecular complexity index is 167. The number of likely N-dealkylation sites (N-methyl/N-ethyl adjacent to an activating group) is 2. The molecule has 1 fully saturated rings. The van der Waals surface area contributed by atoms with Crippen LogP contribution in [-0.4, -0.2) is 42.5 Å². The van der Waals surface area contributed by atoms with Gasteiger partial charge in [-0.15, -0.1) is 0 Å². The molecule has 0 N–H and O–H groups in total. The van der Waals surface area contributed by atoms with Crippen LogP contribution >= 0.6 is 0 Å². The summed E-state index contributed by atoms with van der Waals surface area (Å²) in [6, 6.07) is 0.538. The van der Waals surface area contributed by atoms with E-state index < -0.39 is 0 Å². The highest BCUT2D eigenvalue weighted by Crippen LogP contribution is 2.18. The number of carbonyl (C=O) groups is 1. The fourth-order valence-corrected chi connectivity index (χ4v) is 1.55. The molecule has 0 aromatic heterocycles. The van der Waals surface area contributed by atoms with Crippen LogP contribution in [0.25, 0.3) is 0 Å². The highest BCUT2D eigenvalue weighted by Gasteiger charge is 2.33. The van der Waals surface area contributed by atoms with Crippen molar-refractivity contribution in [1.82, 2.24) is 9.80 Å². The molecule has 0 aromatic rings. The first-order valence-electron chi connectivity index (χ1n) is 4.02. The first kappa shape index (κ1) is 8.37. The predicted octanol–water partition coefficient (Wildman–Crippen LogP) is 1.01. The zero-order chi connectivity index (χ0) is 8.59. The van der Waals surface area contributed by atoms with E-state index in [1.807, 2.05) is 19.0 Å². The third kappa shape index (κ3) is 1.32. The van der Waals surface area contributed by atoms with Crippen molar-refractivity contribution >= 4 is 6.03 Å². The van der Waals surface area contributed by atoms with E-state index in [1.165, 1.54) is 0 Å². The molecule has 1 rings (SSSR count). The number of nitrogens with zero attached hydrogens (tertiary/aromatic N) is 2. The third-order valence-corrected chi connectivity index (χ3v) is 2.36. The zero-order valence-electron chi connectivity index (χ0n) is 7.66. The maximum Gasteiger partial charge on any atom is 0.319 e.